The Balaban J connectivity index is 2.17. The maximum atomic E-state index is 9.76. The van der Waals surface area contributed by atoms with Gasteiger partial charge in [-0.1, -0.05) is 44.7 Å². The summed E-state index contributed by atoms with van der Waals surface area (Å²) < 4.78 is 0. The third-order valence-electron chi connectivity index (χ3n) is 3.24. The summed E-state index contributed by atoms with van der Waals surface area (Å²) in [7, 11) is 0. The van der Waals surface area contributed by atoms with E-state index in [1.54, 1.807) is 12.1 Å². The molecule has 0 saturated heterocycles. The molecule has 0 fully saturated rings. The van der Waals surface area contributed by atoms with E-state index in [9.17, 15) is 5.11 Å². The van der Waals surface area contributed by atoms with E-state index < -0.39 is 0 Å². The van der Waals surface area contributed by atoms with Crippen molar-refractivity contribution in [2.75, 3.05) is 6.61 Å². The van der Waals surface area contributed by atoms with Gasteiger partial charge in [0.1, 0.15) is 11.5 Å². The molecule has 0 aliphatic carbocycles. The standard InChI is InChI=1S/C18H26O3/c1-4-6-13-20-21-15(3)9-7-8-10-16-11-12-17(5-2)18(19)14-16/h5,11-12,14,19H,2-4,6-10,13H2,1H3. The molecule has 0 atom stereocenters. The van der Waals surface area contributed by atoms with Gasteiger partial charge < -0.3 is 9.99 Å². The first-order valence-corrected chi connectivity index (χ1v) is 7.59. The zero-order valence-electron chi connectivity index (χ0n) is 12.9. The summed E-state index contributed by atoms with van der Waals surface area (Å²) in [6.45, 7) is 10.2. The van der Waals surface area contributed by atoms with Gasteiger partial charge in [0.25, 0.3) is 0 Å². The van der Waals surface area contributed by atoms with E-state index in [2.05, 4.69) is 20.1 Å². The molecule has 1 aromatic rings. The number of rotatable bonds is 11. The molecule has 1 rings (SSSR count). The summed E-state index contributed by atoms with van der Waals surface area (Å²) >= 11 is 0. The molecule has 0 unspecified atom stereocenters. The van der Waals surface area contributed by atoms with Crippen LogP contribution < -0.4 is 0 Å². The number of allylic oxidation sites excluding steroid dienone is 1. The smallest absolute Gasteiger partial charge is 0.135 e. The predicted octanol–water partition coefficient (Wildman–Crippen LogP) is 5.01. The molecular weight excluding hydrogens is 264 g/mol. The van der Waals surface area contributed by atoms with Crippen LogP contribution in [0.1, 0.15) is 50.2 Å². The van der Waals surface area contributed by atoms with Gasteiger partial charge in [0.05, 0.1) is 6.61 Å². The number of benzene rings is 1. The second-order valence-electron chi connectivity index (χ2n) is 5.10. The maximum absolute atomic E-state index is 9.76. The molecule has 0 aromatic heterocycles. The number of aromatic hydroxyl groups is 1. The molecule has 0 radical (unpaired) electrons. The number of unbranched alkanes of at least 4 members (excludes halogenated alkanes) is 2. The molecule has 0 bridgehead atoms. The highest BCUT2D eigenvalue weighted by Gasteiger charge is 2.01. The van der Waals surface area contributed by atoms with Crippen LogP contribution in [0.5, 0.6) is 5.75 Å². The Bertz CT molecular complexity index is 452. The second-order valence-corrected chi connectivity index (χ2v) is 5.10. The average Bonchev–Trinajstić information content (AvgIpc) is 2.48. The highest BCUT2D eigenvalue weighted by atomic mass is 17.2. The minimum atomic E-state index is 0.291. The lowest BCUT2D eigenvalue weighted by Gasteiger charge is -2.08. The van der Waals surface area contributed by atoms with Crippen LogP contribution in [-0.4, -0.2) is 11.7 Å². The van der Waals surface area contributed by atoms with Crippen LogP contribution in [0, 0.1) is 0 Å². The Hall–Kier alpha value is -1.74. The van der Waals surface area contributed by atoms with Crippen LogP contribution in [0.2, 0.25) is 0 Å². The molecule has 116 valence electrons. The molecule has 1 N–H and O–H groups in total. The minimum absolute atomic E-state index is 0.291. The van der Waals surface area contributed by atoms with Crippen molar-refractivity contribution in [3.63, 3.8) is 0 Å². The SMILES string of the molecule is C=Cc1ccc(CCCCC(=C)OOCCCC)cc1O. The number of aryl methyl sites for hydroxylation is 1. The lowest BCUT2D eigenvalue weighted by molar-refractivity contribution is -0.263. The van der Waals surface area contributed by atoms with E-state index in [-0.39, 0.29) is 0 Å². The number of phenolic OH excluding ortho intramolecular Hbond substituents is 1. The zero-order valence-corrected chi connectivity index (χ0v) is 12.9. The van der Waals surface area contributed by atoms with E-state index >= 15 is 0 Å². The Labute approximate surface area is 127 Å². The van der Waals surface area contributed by atoms with Gasteiger partial charge in [-0.2, -0.15) is 4.89 Å². The van der Waals surface area contributed by atoms with Crippen molar-refractivity contribution in [2.45, 2.75) is 45.4 Å². The first kappa shape index (κ1) is 17.3. The summed E-state index contributed by atoms with van der Waals surface area (Å²) in [5.74, 6) is 0.968. The Morgan fingerprint density at radius 2 is 2.10 bits per heavy atom. The highest BCUT2D eigenvalue weighted by Crippen LogP contribution is 2.21. The molecular formula is C18H26O3. The molecule has 3 nitrogen and oxygen atoms in total. The summed E-state index contributed by atoms with van der Waals surface area (Å²) in [5.41, 5.74) is 1.90. The zero-order chi connectivity index (χ0) is 15.5. The molecule has 1 aromatic carbocycles. The van der Waals surface area contributed by atoms with Crippen LogP contribution in [0.3, 0.4) is 0 Å². The highest BCUT2D eigenvalue weighted by molar-refractivity contribution is 5.55. The van der Waals surface area contributed by atoms with Crippen molar-refractivity contribution in [1.29, 1.82) is 0 Å². The number of hydrogen-bond donors (Lipinski definition) is 1. The molecule has 0 aliphatic rings. The summed E-state index contributed by atoms with van der Waals surface area (Å²) in [5, 5.41) is 9.76. The van der Waals surface area contributed by atoms with Crippen LogP contribution >= 0.6 is 0 Å². The van der Waals surface area contributed by atoms with E-state index in [0.717, 1.165) is 49.7 Å². The Morgan fingerprint density at radius 1 is 1.29 bits per heavy atom. The number of phenols is 1. The monoisotopic (exact) mass is 290 g/mol. The fourth-order valence-corrected chi connectivity index (χ4v) is 1.94. The van der Waals surface area contributed by atoms with Gasteiger partial charge in [0, 0.05) is 12.0 Å². The summed E-state index contributed by atoms with van der Waals surface area (Å²) in [4.78, 5) is 10.2. The van der Waals surface area contributed by atoms with Crippen LogP contribution in [-0.2, 0) is 16.2 Å². The van der Waals surface area contributed by atoms with Crippen molar-refractivity contribution in [3.8, 4) is 5.75 Å². The lowest BCUT2D eigenvalue weighted by Crippen LogP contribution is -1.96. The second kappa shape index (κ2) is 10.1. The molecule has 21 heavy (non-hydrogen) atoms. The van der Waals surface area contributed by atoms with Gasteiger partial charge in [-0.25, -0.2) is 0 Å². The first-order valence-electron chi connectivity index (χ1n) is 7.59. The van der Waals surface area contributed by atoms with Crippen molar-refractivity contribution < 1.29 is 14.9 Å². The molecule has 0 aliphatic heterocycles. The lowest BCUT2D eigenvalue weighted by atomic mass is 10.0. The van der Waals surface area contributed by atoms with Gasteiger partial charge in [-0.15, -0.1) is 0 Å². The summed E-state index contributed by atoms with van der Waals surface area (Å²) in [6, 6.07) is 5.72. The van der Waals surface area contributed by atoms with Gasteiger partial charge in [-0.3, -0.25) is 0 Å². The fourth-order valence-electron chi connectivity index (χ4n) is 1.94. The van der Waals surface area contributed by atoms with Crippen molar-refractivity contribution >= 4 is 6.08 Å². The third-order valence-corrected chi connectivity index (χ3v) is 3.24. The fraction of sp³-hybridized carbons (Fsp3) is 0.444. The average molecular weight is 290 g/mol. The maximum Gasteiger partial charge on any atom is 0.135 e. The topological polar surface area (TPSA) is 38.7 Å². The van der Waals surface area contributed by atoms with Crippen LogP contribution in [0.4, 0.5) is 0 Å². The van der Waals surface area contributed by atoms with Crippen molar-refractivity contribution in [2.24, 2.45) is 0 Å². The van der Waals surface area contributed by atoms with Crippen LogP contribution in [0.25, 0.3) is 6.08 Å². The van der Waals surface area contributed by atoms with E-state index in [0.29, 0.717) is 18.1 Å². The molecule has 0 heterocycles. The number of hydrogen-bond acceptors (Lipinski definition) is 3. The van der Waals surface area contributed by atoms with Gasteiger partial charge >= 0.3 is 0 Å². The Kier molecular flexibility index (Phi) is 8.29. The van der Waals surface area contributed by atoms with Crippen LogP contribution in [0.15, 0.2) is 37.1 Å². The molecule has 3 heteroatoms. The van der Waals surface area contributed by atoms with Gasteiger partial charge in [-0.05, 0) is 37.3 Å². The van der Waals surface area contributed by atoms with Gasteiger partial charge in [0.2, 0.25) is 0 Å². The predicted molar refractivity (Wildman–Crippen MR) is 86.8 cm³/mol. The third kappa shape index (κ3) is 7.00. The molecule has 0 amide bonds. The molecule has 0 spiro atoms. The van der Waals surface area contributed by atoms with E-state index in [4.69, 9.17) is 9.78 Å². The van der Waals surface area contributed by atoms with E-state index in [1.807, 2.05) is 12.1 Å². The molecule has 0 saturated carbocycles. The Morgan fingerprint density at radius 3 is 2.76 bits per heavy atom. The minimum Gasteiger partial charge on any atom is -0.507 e. The quantitative estimate of drug-likeness (QED) is 0.269. The van der Waals surface area contributed by atoms with Crippen molar-refractivity contribution in [1.82, 2.24) is 0 Å². The van der Waals surface area contributed by atoms with Gasteiger partial charge in [0.15, 0.2) is 0 Å². The normalized spacial score (nSPS) is 10.3. The van der Waals surface area contributed by atoms with E-state index in [1.165, 1.54) is 0 Å². The summed E-state index contributed by atoms with van der Waals surface area (Å²) in [6.07, 6.45) is 7.46. The first-order chi connectivity index (χ1) is 10.2. The van der Waals surface area contributed by atoms with Crippen molar-refractivity contribution in [3.05, 3.63) is 48.2 Å². The largest absolute Gasteiger partial charge is 0.507 e.